The molecule has 3 atom stereocenters. The van der Waals surface area contributed by atoms with Crippen molar-refractivity contribution in [1.29, 1.82) is 0 Å². The van der Waals surface area contributed by atoms with Crippen LogP contribution in [0.4, 0.5) is 0 Å². The molecule has 2 rings (SSSR count). The van der Waals surface area contributed by atoms with Crippen LogP contribution >= 0.6 is 0 Å². The zero-order valence-corrected chi connectivity index (χ0v) is 10.2. The molecule has 3 nitrogen and oxygen atoms in total. The van der Waals surface area contributed by atoms with Crippen LogP contribution in [-0.2, 0) is 0 Å². The summed E-state index contributed by atoms with van der Waals surface area (Å²) in [5.74, 6) is 1.80. The van der Waals surface area contributed by atoms with Crippen molar-refractivity contribution in [2.75, 3.05) is 40.3 Å². The van der Waals surface area contributed by atoms with E-state index in [4.69, 9.17) is 5.73 Å². The first kappa shape index (κ1) is 11.4. The van der Waals surface area contributed by atoms with E-state index in [1.54, 1.807) is 0 Å². The Balaban J connectivity index is 2.02. The lowest BCUT2D eigenvalue weighted by Crippen LogP contribution is -2.56. The number of likely N-dealkylation sites (N-methyl/N-ethyl adjacent to an activating group) is 2. The van der Waals surface area contributed by atoms with E-state index in [9.17, 15) is 0 Å². The number of rotatable bonds is 2. The second kappa shape index (κ2) is 4.81. The van der Waals surface area contributed by atoms with Crippen molar-refractivity contribution in [2.45, 2.75) is 25.3 Å². The van der Waals surface area contributed by atoms with Crippen molar-refractivity contribution in [3.8, 4) is 0 Å². The van der Waals surface area contributed by atoms with Crippen LogP contribution in [0.3, 0.4) is 0 Å². The van der Waals surface area contributed by atoms with E-state index < -0.39 is 0 Å². The van der Waals surface area contributed by atoms with Crippen molar-refractivity contribution >= 4 is 0 Å². The highest BCUT2D eigenvalue weighted by Crippen LogP contribution is 2.35. The fourth-order valence-corrected chi connectivity index (χ4v) is 3.45. The second-order valence-electron chi connectivity index (χ2n) is 5.39. The second-order valence-corrected chi connectivity index (χ2v) is 5.39. The number of likely N-dealkylation sites (tertiary alicyclic amines) is 2. The van der Waals surface area contributed by atoms with E-state index in [-0.39, 0.29) is 0 Å². The summed E-state index contributed by atoms with van der Waals surface area (Å²) in [6.07, 6.45) is 3.97. The smallest absolute Gasteiger partial charge is 0.0251 e. The van der Waals surface area contributed by atoms with E-state index >= 15 is 0 Å². The number of hydrogen-bond donors (Lipinski definition) is 1. The van der Waals surface area contributed by atoms with E-state index in [0.717, 1.165) is 24.4 Å². The summed E-state index contributed by atoms with van der Waals surface area (Å²) in [5, 5.41) is 0. The number of hydrogen-bond acceptors (Lipinski definition) is 3. The molecule has 3 heteroatoms. The van der Waals surface area contributed by atoms with Gasteiger partial charge in [0.25, 0.3) is 0 Å². The largest absolute Gasteiger partial charge is 0.330 e. The highest BCUT2D eigenvalue weighted by atomic mass is 15.2. The minimum absolute atomic E-state index is 0.786. The third kappa shape index (κ3) is 2.35. The van der Waals surface area contributed by atoms with E-state index in [0.29, 0.717) is 0 Å². The van der Waals surface area contributed by atoms with Gasteiger partial charge in [-0.25, -0.2) is 0 Å². The standard InChI is InChI=1S/C12H25N3/c1-14-7-5-11-10(3-6-13)4-8-15(2)12(11)9-14/h10-12H,3-9,13H2,1-2H3. The van der Waals surface area contributed by atoms with Gasteiger partial charge in [-0.1, -0.05) is 0 Å². The molecule has 0 aromatic rings. The molecule has 15 heavy (non-hydrogen) atoms. The van der Waals surface area contributed by atoms with E-state index in [1.807, 2.05) is 0 Å². The molecule has 2 N–H and O–H groups in total. The predicted octanol–water partition coefficient (Wildman–Crippen LogP) is 0.607. The maximum atomic E-state index is 5.72. The Labute approximate surface area is 93.6 Å². The Hall–Kier alpha value is -0.120. The Morgan fingerprint density at radius 2 is 2.00 bits per heavy atom. The molecule has 2 heterocycles. The lowest BCUT2D eigenvalue weighted by atomic mass is 9.74. The van der Waals surface area contributed by atoms with Crippen LogP contribution in [0.5, 0.6) is 0 Å². The minimum Gasteiger partial charge on any atom is -0.330 e. The van der Waals surface area contributed by atoms with E-state index in [1.165, 1.54) is 38.9 Å². The molecule has 0 amide bonds. The molecule has 0 aliphatic carbocycles. The Bertz CT molecular complexity index is 207. The van der Waals surface area contributed by atoms with Gasteiger partial charge in [0.2, 0.25) is 0 Å². The first-order valence-electron chi connectivity index (χ1n) is 6.31. The molecule has 88 valence electrons. The van der Waals surface area contributed by atoms with E-state index in [2.05, 4.69) is 23.9 Å². The first-order chi connectivity index (χ1) is 7.22. The van der Waals surface area contributed by atoms with Crippen LogP contribution in [0.2, 0.25) is 0 Å². The van der Waals surface area contributed by atoms with Crippen LogP contribution in [-0.4, -0.2) is 56.1 Å². The SMILES string of the molecule is CN1CCC2C(CCN)CCN(C)C2C1. The maximum absolute atomic E-state index is 5.72. The van der Waals surface area contributed by atoms with Gasteiger partial charge in [-0.2, -0.15) is 0 Å². The summed E-state index contributed by atoms with van der Waals surface area (Å²) in [5.41, 5.74) is 5.72. The average Bonchev–Trinajstić information content (AvgIpc) is 2.23. The first-order valence-corrected chi connectivity index (χ1v) is 6.31. The molecule has 0 saturated carbocycles. The Morgan fingerprint density at radius 1 is 1.20 bits per heavy atom. The third-order valence-electron chi connectivity index (χ3n) is 4.40. The maximum Gasteiger partial charge on any atom is 0.0251 e. The van der Waals surface area contributed by atoms with Crippen molar-refractivity contribution in [1.82, 2.24) is 9.80 Å². The summed E-state index contributed by atoms with van der Waals surface area (Å²) in [7, 11) is 4.53. The number of piperidine rings is 2. The average molecular weight is 211 g/mol. The molecule has 3 unspecified atom stereocenters. The summed E-state index contributed by atoms with van der Waals surface area (Å²) in [6.45, 7) is 4.66. The lowest BCUT2D eigenvalue weighted by molar-refractivity contribution is 0.00768. The highest BCUT2D eigenvalue weighted by molar-refractivity contribution is 4.92. The van der Waals surface area contributed by atoms with Crippen molar-refractivity contribution in [3.63, 3.8) is 0 Å². The molecule has 2 saturated heterocycles. The summed E-state index contributed by atoms with van der Waals surface area (Å²) in [4.78, 5) is 5.04. The van der Waals surface area contributed by atoms with Crippen molar-refractivity contribution < 1.29 is 0 Å². The molecular weight excluding hydrogens is 186 g/mol. The molecule has 2 aliphatic heterocycles. The van der Waals surface area contributed by atoms with Crippen LogP contribution in [0.1, 0.15) is 19.3 Å². The fraction of sp³-hybridized carbons (Fsp3) is 1.00. The molecule has 0 aromatic carbocycles. The Morgan fingerprint density at radius 3 is 2.73 bits per heavy atom. The predicted molar refractivity (Wildman–Crippen MR) is 63.8 cm³/mol. The van der Waals surface area contributed by atoms with Gasteiger partial charge in [0.15, 0.2) is 0 Å². The number of nitrogens with zero attached hydrogens (tertiary/aromatic N) is 2. The fourth-order valence-electron chi connectivity index (χ4n) is 3.45. The molecule has 2 fully saturated rings. The van der Waals surface area contributed by atoms with Gasteiger partial charge in [-0.15, -0.1) is 0 Å². The Kier molecular flexibility index (Phi) is 3.65. The van der Waals surface area contributed by atoms with Crippen LogP contribution in [0.15, 0.2) is 0 Å². The van der Waals surface area contributed by atoms with Gasteiger partial charge >= 0.3 is 0 Å². The summed E-state index contributed by atoms with van der Waals surface area (Å²) >= 11 is 0. The number of fused-ring (bicyclic) bond motifs is 1. The number of nitrogens with two attached hydrogens (primary N) is 1. The molecule has 2 aliphatic rings. The zero-order chi connectivity index (χ0) is 10.8. The molecule has 0 radical (unpaired) electrons. The summed E-state index contributed by atoms with van der Waals surface area (Å²) < 4.78 is 0. The van der Waals surface area contributed by atoms with Gasteiger partial charge in [0.1, 0.15) is 0 Å². The van der Waals surface area contributed by atoms with Crippen LogP contribution in [0, 0.1) is 11.8 Å². The zero-order valence-electron chi connectivity index (χ0n) is 10.2. The quantitative estimate of drug-likeness (QED) is 0.726. The van der Waals surface area contributed by atoms with Gasteiger partial charge in [0, 0.05) is 12.6 Å². The van der Waals surface area contributed by atoms with Crippen LogP contribution in [0.25, 0.3) is 0 Å². The molecule has 0 spiro atoms. The highest BCUT2D eigenvalue weighted by Gasteiger charge is 2.38. The van der Waals surface area contributed by atoms with Crippen molar-refractivity contribution in [2.24, 2.45) is 17.6 Å². The topological polar surface area (TPSA) is 32.5 Å². The van der Waals surface area contributed by atoms with Gasteiger partial charge in [0.05, 0.1) is 0 Å². The van der Waals surface area contributed by atoms with Gasteiger partial charge in [-0.3, -0.25) is 0 Å². The normalized spacial score (nSPS) is 39.0. The van der Waals surface area contributed by atoms with Gasteiger partial charge in [-0.05, 0) is 64.8 Å². The molecule has 0 aromatic heterocycles. The van der Waals surface area contributed by atoms with Crippen LogP contribution < -0.4 is 5.73 Å². The molecule has 0 bridgehead atoms. The lowest BCUT2D eigenvalue weighted by Gasteiger charge is -2.49. The minimum atomic E-state index is 0.786. The molecular formula is C12H25N3. The monoisotopic (exact) mass is 211 g/mol. The van der Waals surface area contributed by atoms with Crippen molar-refractivity contribution in [3.05, 3.63) is 0 Å². The third-order valence-corrected chi connectivity index (χ3v) is 4.40. The summed E-state index contributed by atoms with van der Waals surface area (Å²) in [6, 6.07) is 0.786. The van der Waals surface area contributed by atoms with Gasteiger partial charge < -0.3 is 15.5 Å².